The molecular formula is C19H28N2O5. The van der Waals surface area contributed by atoms with Crippen LogP contribution in [0.2, 0.25) is 0 Å². The fraction of sp³-hybridized carbons (Fsp3) is 0.526. The third kappa shape index (κ3) is 7.13. The van der Waals surface area contributed by atoms with Gasteiger partial charge in [-0.15, -0.1) is 0 Å². The molecule has 0 aliphatic heterocycles. The number of ether oxygens (including phenoxy) is 2. The van der Waals surface area contributed by atoms with Crippen LogP contribution in [0, 0.1) is 0 Å². The molecule has 144 valence electrons. The molecule has 7 heteroatoms. The van der Waals surface area contributed by atoms with Crippen LogP contribution in [-0.4, -0.2) is 35.2 Å². The smallest absolute Gasteiger partial charge is 0.408 e. The maximum atomic E-state index is 12.3. The van der Waals surface area contributed by atoms with Crippen LogP contribution in [0.5, 0.6) is 0 Å². The Hall–Kier alpha value is -2.57. The van der Waals surface area contributed by atoms with Gasteiger partial charge in [0.05, 0.1) is 12.5 Å². The highest BCUT2D eigenvalue weighted by Crippen LogP contribution is 2.20. The van der Waals surface area contributed by atoms with E-state index in [1.54, 1.807) is 58.9 Å². The zero-order chi connectivity index (χ0) is 20.0. The number of carbonyl (C=O) groups is 3. The molecule has 0 radical (unpaired) electrons. The summed E-state index contributed by atoms with van der Waals surface area (Å²) >= 11 is 0. The van der Waals surface area contributed by atoms with Crippen LogP contribution in [0.3, 0.4) is 0 Å². The molecule has 7 nitrogen and oxygen atoms in total. The van der Waals surface area contributed by atoms with Crippen LogP contribution < -0.4 is 11.1 Å². The Kier molecular flexibility index (Phi) is 7.18. The number of hydrogen-bond donors (Lipinski definition) is 2. The number of nitrogens with one attached hydrogen (secondary N) is 1. The molecule has 1 unspecified atom stereocenters. The minimum atomic E-state index is -1.66. The number of primary amides is 1. The summed E-state index contributed by atoms with van der Waals surface area (Å²) in [5.41, 5.74) is 3.91. The van der Waals surface area contributed by atoms with E-state index in [0.717, 1.165) is 5.56 Å². The molecule has 0 spiro atoms. The quantitative estimate of drug-likeness (QED) is 0.722. The molecule has 0 aliphatic rings. The second kappa shape index (κ2) is 8.69. The molecule has 2 amide bonds. The van der Waals surface area contributed by atoms with Crippen molar-refractivity contribution in [2.75, 3.05) is 0 Å². The summed E-state index contributed by atoms with van der Waals surface area (Å²) in [6.45, 7) is 8.49. The summed E-state index contributed by atoms with van der Waals surface area (Å²) in [5, 5.41) is 2.50. The molecule has 1 aromatic rings. The lowest BCUT2D eigenvalue weighted by molar-refractivity contribution is -0.151. The Morgan fingerprint density at radius 1 is 1.12 bits per heavy atom. The summed E-state index contributed by atoms with van der Waals surface area (Å²) in [7, 11) is 0. The predicted octanol–water partition coefficient (Wildman–Crippen LogP) is 2.32. The third-order valence-electron chi connectivity index (χ3n) is 3.37. The van der Waals surface area contributed by atoms with Crippen molar-refractivity contribution in [3.05, 3.63) is 35.9 Å². The summed E-state index contributed by atoms with van der Waals surface area (Å²) < 4.78 is 10.4. The molecule has 0 fully saturated rings. The highest BCUT2D eigenvalue weighted by atomic mass is 16.6. The highest BCUT2D eigenvalue weighted by Gasteiger charge is 2.42. The van der Waals surface area contributed by atoms with Crippen LogP contribution >= 0.6 is 0 Å². The Morgan fingerprint density at radius 3 is 2.15 bits per heavy atom. The number of amides is 2. The molecule has 0 aliphatic carbocycles. The first-order valence-electron chi connectivity index (χ1n) is 8.48. The number of benzene rings is 1. The third-order valence-corrected chi connectivity index (χ3v) is 3.37. The van der Waals surface area contributed by atoms with E-state index >= 15 is 0 Å². The SMILES string of the molecule is CC(C)OC(=O)CC(Cc1ccccc1)(NC(=O)OC(C)(C)C)C(N)=O. The van der Waals surface area contributed by atoms with Gasteiger partial charge in [0.25, 0.3) is 0 Å². The van der Waals surface area contributed by atoms with E-state index in [1.807, 2.05) is 6.07 Å². The molecule has 1 rings (SSSR count). The molecule has 26 heavy (non-hydrogen) atoms. The lowest BCUT2D eigenvalue weighted by atomic mass is 9.86. The molecule has 0 bridgehead atoms. The average molecular weight is 364 g/mol. The normalized spacial score (nSPS) is 13.6. The predicted molar refractivity (Wildman–Crippen MR) is 97.3 cm³/mol. The topological polar surface area (TPSA) is 108 Å². The van der Waals surface area contributed by atoms with Gasteiger partial charge in [0.1, 0.15) is 11.1 Å². The summed E-state index contributed by atoms with van der Waals surface area (Å²) in [4.78, 5) is 36.8. The molecule has 1 atom stereocenters. The second-order valence-corrected chi connectivity index (χ2v) is 7.45. The molecule has 3 N–H and O–H groups in total. The van der Waals surface area contributed by atoms with Gasteiger partial charge in [-0.2, -0.15) is 0 Å². The number of esters is 1. The van der Waals surface area contributed by atoms with Crippen LogP contribution in [0.15, 0.2) is 30.3 Å². The summed E-state index contributed by atoms with van der Waals surface area (Å²) in [6, 6.07) is 8.97. The van der Waals surface area contributed by atoms with Crippen molar-refractivity contribution in [2.24, 2.45) is 5.73 Å². The van der Waals surface area contributed by atoms with Gasteiger partial charge < -0.3 is 20.5 Å². The van der Waals surface area contributed by atoms with Gasteiger partial charge in [0.15, 0.2) is 0 Å². The van der Waals surface area contributed by atoms with Gasteiger partial charge in [-0.1, -0.05) is 30.3 Å². The van der Waals surface area contributed by atoms with Crippen LogP contribution in [0.4, 0.5) is 4.79 Å². The maximum absolute atomic E-state index is 12.3. The number of carbonyl (C=O) groups excluding carboxylic acids is 3. The Bertz CT molecular complexity index is 637. The van der Waals surface area contributed by atoms with E-state index in [9.17, 15) is 14.4 Å². The zero-order valence-corrected chi connectivity index (χ0v) is 16.0. The van der Waals surface area contributed by atoms with Crippen molar-refractivity contribution in [3.63, 3.8) is 0 Å². The van der Waals surface area contributed by atoms with Crippen molar-refractivity contribution in [3.8, 4) is 0 Å². The first-order chi connectivity index (χ1) is 11.9. The molecule has 0 saturated heterocycles. The van der Waals surface area contributed by atoms with Gasteiger partial charge >= 0.3 is 12.1 Å². The van der Waals surface area contributed by atoms with E-state index in [4.69, 9.17) is 15.2 Å². The maximum Gasteiger partial charge on any atom is 0.408 e. The van der Waals surface area contributed by atoms with Gasteiger partial charge in [-0.05, 0) is 40.2 Å². The van der Waals surface area contributed by atoms with E-state index in [2.05, 4.69) is 5.32 Å². The van der Waals surface area contributed by atoms with Crippen LogP contribution in [-0.2, 0) is 25.5 Å². The van der Waals surface area contributed by atoms with Gasteiger partial charge in [0, 0.05) is 6.42 Å². The van der Waals surface area contributed by atoms with Crippen molar-refractivity contribution < 1.29 is 23.9 Å². The van der Waals surface area contributed by atoms with Crippen LogP contribution in [0.25, 0.3) is 0 Å². The fourth-order valence-electron chi connectivity index (χ4n) is 2.38. The lowest BCUT2D eigenvalue weighted by Crippen LogP contribution is -2.60. The van der Waals surface area contributed by atoms with E-state index < -0.39 is 35.5 Å². The first kappa shape index (κ1) is 21.5. The summed E-state index contributed by atoms with van der Waals surface area (Å²) in [5.74, 6) is -1.47. The monoisotopic (exact) mass is 364 g/mol. The Morgan fingerprint density at radius 2 is 1.69 bits per heavy atom. The molecular weight excluding hydrogens is 336 g/mol. The molecule has 0 aromatic heterocycles. The number of nitrogens with two attached hydrogens (primary N) is 1. The number of hydrogen-bond acceptors (Lipinski definition) is 5. The minimum Gasteiger partial charge on any atom is -0.463 e. The standard InChI is InChI=1S/C19H28N2O5/c1-13(2)25-15(22)12-19(16(20)23,11-14-9-7-6-8-10-14)21-17(24)26-18(3,4)5/h6-10,13H,11-12H2,1-5H3,(H2,20,23)(H,21,24). The number of alkyl carbamates (subject to hydrolysis) is 1. The zero-order valence-electron chi connectivity index (χ0n) is 16.0. The fourth-order valence-corrected chi connectivity index (χ4v) is 2.38. The van der Waals surface area contributed by atoms with Crippen LogP contribution in [0.1, 0.15) is 46.6 Å². The van der Waals surface area contributed by atoms with Gasteiger partial charge in [-0.3, -0.25) is 9.59 Å². The Labute approximate surface area is 154 Å². The lowest BCUT2D eigenvalue weighted by Gasteiger charge is -2.32. The van der Waals surface area contributed by atoms with Crippen molar-refractivity contribution in [1.82, 2.24) is 5.32 Å². The largest absolute Gasteiger partial charge is 0.463 e. The van der Waals surface area contributed by atoms with E-state index in [0.29, 0.717) is 0 Å². The van der Waals surface area contributed by atoms with E-state index in [1.165, 1.54) is 0 Å². The van der Waals surface area contributed by atoms with Crippen molar-refractivity contribution in [2.45, 2.75) is 64.7 Å². The molecule has 0 saturated carbocycles. The van der Waals surface area contributed by atoms with Crippen molar-refractivity contribution in [1.29, 1.82) is 0 Å². The molecule has 0 heterocycles. The molecule has 1 aromatic carbocycles. The van der Waals surface area contributed by atoms with E-state index in [-0.39, 0.29) is 12.5 Å². The highest BCUT2D eigenvalue weighted by molar-refractivity contribution is 5.93. The van der Waals surface area contributed by atoms with Gasteiger partial charge in [0.2, 0.25) is 5.91 Å². The minimum absolute atomic E-state index is 0.0373. The first-order valence-corrected chi connectivity index (χ1v) is 8.48. The van der Waals surface area contributed by atoms with Crippen molar-refractivity contribution >= 4 is 18.0 Å². The average Bonchev–Trinajstić information content (AvgIpc) is 2.44. The Balaban J connectivity index is 3.15. The summed E-state index contributed by atoms with van der Waals surface area (Å²) in [6.07, 6.45) is -1.54. The van der Waals surface area contributed by atoms with Gasteiger partial charge in [-0.25, -0.2) is 4.79 Å². The number of rotatable bonds is 7. The second-order valence-electron chi connectivity index (χ2n) is 7.45.